The number of Topliss-reactive ketones (excluding diaryl/α,β-unsaturated/α-hetero) is 1. The average molecular weight is 595 g/mol. The van der Waals surface area contributed by atoms with Crippen molar-refractivity contribution in [2.45, 2.75) is 12.8 Å². The van der Waals surface area contributed by atoms with Gasteiger partial charge in [-0.1, -0.05) is 127 Å². The van der Waals surface area contributed by atoms with Crippen LogP contribution in [0.25, 0.3) is 76.5 Å². The number of benzene rings is 7. The first kappa shape index (κ1) is 27.7. The largest absolute Gasteiger partial charge is 0.455 e. The summed E-state index contributed by atoms with van der Waals surface area (Å²) in [5, 5.41) is 9.08. The number of hydrogen-bond donors (Lipinski definition) is 0. The van der Waals surface area contributed by atoms with E-state index in [1.807, 2.05) is 30.3 Å². The molecule has 46 heavy (non-hydrogen) atoms. The first-order valence-corrected chi connectivity index (χ1v) is 15.5. The molecule has 1 aromatic heterocycles. The highest BCUT2D eigenvalue weighted by Crippen LogP contribution is 2.42. The van der Waals surface area contributed by atoms with E-state index < -0.39 is 11.8 Å². The van der Waals surface area contributed by atoms with Crippen molar-refractivity contribution in [3.8, 4) is 22.3 Å². The van der Waals surface area contributed by atoms with Gasteiger partial charge in [0.1, 0.15) is 23.2 Å². The molecule has 220 valence electrons. The van der Waals surface area contributed by atoms with E-state index in [1.165, 1.54) is 17.7 Å². The molecule has 0 bridgehead atoms. The van der Waals surface area contributed by atoms with Crippen molar-refractivity contribution >= 4 is 66.3 Å². The fourth-order valence-corrected chi connectivity index (χ4v) is 7.01. The fourth-order valence-electron chi connectivity index (χ4n) is 7.01. The first-order chi connectivity index (χ1) is 22.6. The number of fused-ring (bicyclic) bond motifs is 3. The summed E-state index contributed by atoms with van der Waals surface area (Å²) in [6.45, 7) is 5.31. The Balaban J connectivity index is 1.24. The maximum atomic E-state index is 12.4. The van der Waals surface area contributed by atoms with E-state index in [2.05, 4.69) is 97.6 Å². The van der Waals surface area contributed by atoms with Gasteiger partial charge in [0, 0.05) is 16.3 Å². The van der Waals surface area contributed by atoms with Crippen molar-refractivity contribution in [3.05, 3.63) is 146 Å². The summed E-state index contributed by atoms with van der Waals surface area (Å²) in [4.78, 5) is 24.3. The zero-order valence-electron chi connectivity index (χ0n) is 25.4. The predicted molar refractivity (Wildman–Crippen MR) is 191 cm³/mol. The van der Waals surface area contributed by atoms with Crippen LogP contribution in [0.5, 0.6) is 0 Å². The zero-order valence-corrected chi connectivity index (χ0v) is 25.4. The van der Waals surface area contributed by atoms with Crippen LogP contribution in [0.2, 0.25) is 0 Å². The Kier molecular flexibility index (Phi) is 6.61. The Morgan fingerprint density at radius 1 is 0.652 bits per heavy atom. The maximum Gasteiger partial charge on any atom is 0.143 e. The minimum absolute atomic E-state index is 0.00146. The Bertz CT molecular complexity index is 2490. The van der Waals surface area contributed by atoms with Gasteiger partial charge in [-0.3, -0.25) is 4.79 Å². The van der Waals surface area contributed by atoms with Crippen LogP contribution < -0.4 is 0 Å². The maximum absolute atomic E-state index is 12.4. The molecule has 2 unspecified atom stereocenters. The normalized spacial score (nSPS) is 13.3. The zero-order chi connectivity index (χ0) is 31.4. The monoisotopic (exact) mass is 594 g/mol. The van der Waals surface area contributed by atoms with Gasteiger partial charge in [0.25, 0.3) is 0 Å². The lowest BCUT2D eigenvalue weighted by molar-refractivity contribution is -0.118. The SMILES string of the molecule is C=CC(/C=C\C(C=O)c1ccc2ccc3c(-c4ccc(-c5cccc6c5oc5ccccc56)cc4)ccc4ccc1c2c43)C(C)=O. The van der Waals surface area contributed by atoms with Gasteiger partial charge >= 0.3 is 0 Å². The van der Waals surface area contributed by atoms with Gasteiger partial charge in [0.2, 0.25) is 0 Å². The van der Waals surface area contributed by atoms with Crippen LogP contribution in [-0.4, -0.2) is 12.1 Å². The molecule has 3 nitrogen and oxygen atoms in total. The predicted octanol–water partition coefficient (Wildman–Crippen LogP) is 11.0. The number of carbonyl (C=O) groups excluding carboxylic acids is 2. The third-order valence-electron chi connectivity index (χ3n) is 9.36. The second-order valence-corrected chi connectivity index (χ2v) is 12.0. The van der Waals surface area contributed by atoms with E-state index in [0.29, 0.717) is 0 Å². The van der Waals surface area contributed by atoms with Crippen LogP contribution in [0.4, 0.5) is 0 Å². The summed E-state index contributed by atoms with van der Waals surface area (Å²) in [6, 6.07) is 40.4. The van der Waals surface area contributed by atoms with Gasteiger partial charge in [-0.25, -0.2) is 0 Å². The smallest absolute Gasteiger partial charge is 0.143 e. The number of rotatable bonds is 8. The molecule has 0 saturated carbocycles. The van der Waals surface area contributed by atoms with E-state index in [9.17, 15) is 9.59 Å². The number of para-hydroxylation sites is 2. The van der Waals surface area contributed by atoms with Crippen molar-refractivity contribution in [1.29, 1.82) is 0 Å². The van der Waals surface area contributed by atoms with Crippen molar-refractivity contribution in [1.82, 2.24) is 0 Å². The Hall–Kier alpha value is -5.80. The van der Waals surface area contributed by atoms with Crippen molar-refractivity contribution in [3.63, 3.8) is 0 Å². The second kappa shape index (κ2) is 11.0. The number of aldehydes is 1. The van der Waals surface area contributed by atoms with Gasteiger partial charge in [0.15, 0.2) is 0 Å². The molecule has 0 aliphatic carbocycles. The molecule has 0 saturated heterocycles. The van der Waals surface area contributed by atoms with Gasteiger partial charge in [-0.2, -0.15) is 0 Å². The Labute approximate surface area is 266 Å². The van der Waals surface area contributed by atoms with Crippen LogP contribution in [0.1, 0.15) is 18.4 Å². The summed E-state index contributed by atoms with van der Waals surface area (Å²) >= 11 is 0. The molecule has 8 aromatic rings. The fraction of sp³-hybridized carbons (Fsp3) is 0.0698. The molecule has 3 heteroatoms. The van der Waals surface area contributed by atoms with Crippen LogP contribution in [0.3, 0.4) is 0 Å². The molecule has 0 aliphatic heterocycles. The number of ketones is 1. The van der Waals surface area contributed by atoms with Crippen LogP contribution in [0.15, 0.2) is 144 Å². The average Bonchev–Trinajstić information content (AvgIpc) is 3.48. The molecular weight excluding hydrogens is 564 g/mol. The molecule has 0 aliphatic rings. The number of hydrogen-bond acceptors (Lipinski definition) is 3. The highest BCUT2D eigenvalue weighted by atomic mass is 16.3. The van der Waals surface area contributed by atoms with Crippen LogP contribution >= 0.6 is 0 Å². The number of carbonyl (C=O) groups is 2. The van der Waals surface area contributed by atoms with Crippen molar-refractivity contribution in [2.24, 2.45) is 5.92 Å². The lowest BCUT2D eigenvalue weighted by atomic mass is 9.85. The summed E-state index contributed by atoms with van der Waals surface area (Å²) in [5.74, 6) is -0.893. The van der Waals surface area contributed by atoms with E-state index in [-0.39, 0.29) is 5.78 Å². The van der Waals surface area contributed by atoms with Crippen LogP contribution in [-0.2, 0) is 9.59 Å². The molecule has 1 heterocycles. The van der Waals surface area contributed by atoms with Gasteiger partial charge in [-0.05, 0) is 67.6 Å². The first-order valence-electron chi connectivity index (χ1n) is 15.5. The lowest BCUT2D eigenvalue weighted by Gasteiger charge is -2.18. The third kappa shape index (κ3) is 4.35. The lowest BCUT2D eigenvalue weighted by Crippen LogP contribution is -2.05. The molecule has 0 N–H and O–H groups in total. The summed E-state index contributed by atoms with van der Waals surface area (Å²) in [6.07, 6.45) is 6.16. The van der Waals surface area contributed by atoms with Gasteiger partial charge in [0.05, 0.1) is 11.8 Å². The van der Waals surface area contributed by atoms with Gasteiger partial charge in [-0.15, -0.1) is 6.58 Å². The van der Waals surface area contributed by atoms with E-state index in [0.717, 1.165) is 77.6 Å². The van der Waals surface area contributed by atoms with Crippen molar-refractivity contribution < 1.29 is 14.0 Å². The number of allylic oxidation sites excluding steroid dienone is 3. The molecule has 8 rings (SSSR count). The molecule has 0 radical (unpaired) electrons. The van der Waals surface area contributed by atoms with Crippen molar-refractivity contribution in [2.75, 3.05) is 0 Å². The minimum atomic E-state index is -0.477. The van der Waals surface area contributed by atoms with E-state index in [4.69, 9.17) is 4.42 Å². The molecule has 2 atom stereocenters. The summed E-state index contributed by atoms with van der Waals surface area (Å²) < 4.78 is 6.31. The third-order valence-corrected chi connectivity index (χ3v) is 9.36. The van der Waals surface area contributed by atoms with E-state index >= 15 is 0 Å². The summed E-state index contributed by atoms with van der Waals surface area (Å²) in [5.41, 5.74) is 7.19. The molecule has 7 aromatic carbocycles. The highest BCUT2D eigenvalue weighted by Gasteiger charge is 2.18. The quantitative estimate of drug-likeness (QED) is 0.0999. The minimum Gasteiger partial charge on any atom is -0.455 e. The topological polar surface area (TPSA) is 47.3 Å². The molecule has 0 spiro atoms. The van der Waals surface area contributed by atoms with Crippen LogP contribution in [0, 0.1) is 5.92 Å². The Morgan fingerprint density at radius 3 is 2.04 bits per heavy atom. The molecule has 0 amide bonds. The van der Waals surface area contributed by atoms with Gasteiger partial charge < -0.3 is 9.21 Å². The highest BCUT2D eigenvalue weighted by molar-refractivity contribution is 6.26. The summed E-state index contributed by atoms with van der Waals surface area (Å²) in [7, 11) is 0. The standard InChI is InChI=1S/C43H30O3/c1-3-27(26(2)45)11-16-32(25-44)34-22-18-31-19-23-37-33(21-17-30-20-24-38(34)42(31)41(30)37)28-12-14-29(15-13-28)35-8-6-9-39-36-7-4-5-10-40(36)46-43(35)39/h3-25,27,32H,1H2,2H3/b16-11-. The Morgan fingerprint density at radius 2 is 1.30 bits per heavy atom. The molecule has 0 fully saturated rings. The molecular formula is C43H30O3. The number of furan rings is 1. The second-order valence-electron chi connectivity index (χ2n) is 12.0. The van der Waals surface area contributed by atoms with E-state index in [1.54, 1.807) is 12.2 Å².